The zero-order valence-electron chi connectivity index (χ0n) is 23.3. The summed E-state index contributed by atoms with van der Waals surface area (Å²) in [6.07, 6.45) is 0. The first-order chi connectivity index (χ1) is 21.8. The van der Waals surface area contributed by atoms with E-state index in [0.29, 0.717) is 28.9 Å². The first-order valence-electron chi connectivity index (χ1n) is 14.4. The van der Waals surface area contributed by atoms with E-state index in [2.05, 4.69) is 30.3 Å². The van der Waals surface area contributed by atoms with Gasteiger partial charge >= 0.3 is 0 Å². The lowest BCUT2D eigenvalue weighted by Crippen LogP contribution is -2.00. The van der Waals surface area contributed by atoms with Crippen molar-refractivity contribution in [1.29, 1.82) is 0 Å². The molecule has 0 aliphatic heterocycles. The molecule has 9 rings (SSSR count). The van der Waals surface area contributed by atoms with Crippen molar-refractivity contribution in [3.8, 4) is 45.6 Å². The maximum atomic E-state index is 6.31. The van der Waals surface area contributed by atoms with E-state index in [1.165, 1.54) is 0 Å². The molecule has 6 aromatic carbocycles. The Bertz CT molecular complexity index is 2440. The maximum Gasteiger partial charge on any atom is 0.231 e. The van der Waals surface area contributed by atoms with E-state index in [4.69, 9.17) is 28.8 Å². The summed E-state index contributed by atoms with van der Waals surface area (Å²) in [6.45, 7) is 0. The fraction of sp³-hybridized carbons (Fsp3) is 0. The Morgan fingerprint density at radius 1 is 0.409 bits per heavy atom. The second-order valence-electron chi connectivity index (χ2n) is 10.7. The van der Waals surface area contributed by atoms with Crippen LogP contribution in [0.1, 0.15) is 0 Å². The van der Waals surface area contributed by atoms with Crippen LogP contribution >= 0.6 is 0 Å². The molecule has 44 heavy (non-hydrogen) atoms. The molecule has 0 unspecified atom stereocenters. The monoisotopic (exact) mass is 566 g/mol. The number of nitrogens with zero attached hydrogens (tertiary/aromatic N) is 4. The molecule has 3 heterocycles. The first-order valence-corrected chi connectivity index (χ1v) is 14.4. The smallest absolute Gasteiger partial charge is 0.231 e. The molecule has 0 spiro atoms. The van der Waals surface area contributed by atoms with Crippen molar-refractivity contribution in [2.24, 2.45) is 0 Å². The van der Waals surface area contributed by atoms with Gasteiger partial charge in [-0.15, -0.1) is 0 Å². The molecule has 0 amide bonds. The summed E-state index contributed by atoms with van der Waals surface area (Å²) >= 11 is 0. The fourth-order valence-electron chi connectivity index (χ4n) is 5.83. The van der Waals surface area contributed by atoms with Crippen LogP contribution in [0, 0.1) is 0 Å². The molecule has 0 fully saturated rings. The van der Waals surface area contributed by atoms with Gasteiger partial charge in [-0.2, -0.15) is 0 Å². The summed E-state index contributed by atoms with van der Waals surface area (Å²) in [4.78, 5) is 19.6. The highest BCUT2D eigenvalue weighted by Crippen LogP contribution is 2.38. The van der Waals surface area contributed by atoms with Gasteiger partial charge in [-0.3, -0.25) is 0 Å². The number of para-hydroxylation sites is 2. The van der Waals surface area contributed by atoms with Gasteiger partial charge in [0.2, 0.25) is 5.89 Å². The molecule has 9 aromatic rings. The van der Waals surface area contributed by atoms with Crippen LogP contribution in [0.2, 0.25) is 0 Å². The van der Waals surface area contributed by atoms with Crippen molar-refractivity contribution in [3.63, 3.8) is 0 Å². The van der Waals surface area contributed by atoms with Crippen LogP contribution in [0.4, 0.5) is 0 Å². The van der Waals surface area contributed by atoms with E-state index < -0.39 is 0 Å². The minimum atomic E-state index is 0.527. The predicted molar refractivity (Wildman–Crippen MR) is 174 cm³/mol. The Morgan fingerprint density at radius 3 is 1.82 bits per heavy atom. The van der Waals surface area contributed by atoms with Crippen molar-refractivity contribution < 1.29 is 8.83 Å². The Kier molecular flexibility index (Phi) is 5.40. The van der Waals surface area contributed by atoms with Gasteiger partial charge in [0, 0.05) is 32.8 Å². The highest BCUT2D eigenvalue weighted by molar-refractivity contribution is 6.10. The summed E-state index contributed by atoms with van der Waals surface area (Å²) < 4.78 is 12.6. The SMILES string of the molecule is c1ccc(-c2nc(-c3ccccc3)nc(-c3ccc4c(ccc5oc(-c6cccc7c6oc6ccccc67)nc54)c3)n2)cc1. The van der Waals surface area contributed by atoms with Gasteiger partial charge < -0.3 is 8.83 Å². The Hall–Kier alpha value is -6.14. The van der Waals surface area contributed by atoms with Crippen molar-refractivity contribution >= 4 is 43.8 Å². The first kappa shape index (κ1) is 24.5. The van der Waals surface area contributed by atoms with Crippen LogP contribution in [-0.2, 0) is 0 Å². The normalized spacial score (nSPS) is 11.6. The lowest BCUT2D eigenvalue weighted by Gasteiger charge is -2.09. The number of rotatable bonds is 4. The number of aromatic nitrogens is 4. The third-order valence-electron chi connectivity index (χ3n) is 7.97. The van der Waals surface area contributed by atoms with Crippen LogP contribution in [0.15, 0.2) is 142 Å². The van der Waals surface area contributed by atoms with E-state index in [-0.39, 0.29) is 0 Å². The second kappa shape index (κ2) is 9.71. The summed E-state index contributed by atoms with van der Waals surface area (Å²) in [5, 5.41) is 4.11. The molecule has 6 heteroatoms. The molecule has 0 aliphatic carbocycles. The van der Waals surface area contributed by atoms with Gasteiger partial charge in [-0.25, -0.2) is 19.9 Å². The highest BCUT2D eigenvalue weighted by atomic mass is 16.4. The van der Waals surface area contributed by atoms with E-state index >= 15 is 0 Å². The highest BCUT2D eigenvalue weighted by Gasteiger charge is 2.18. The summed E-state index contributed by atoms with van der Waals surface area (Å²) in [5.41, 5.74) is 6.71. The van der Waals surface area contributed by atoms with Crippen LogP contribution in [-0.4, -0.2) is 19.9 Å². The Morgan fingerprint density at radius 2 is 1.07 bits per heavy atom. The van der Waals surface area contributed by atoms with Gasteiger partial charge in [0.05, 0.1) is 5.56 Å². The lowest BCUT2D eigenvalue weighted by atomic mass is 10.1. The fourth-order valence-corrected chi connectivity index (χ4v) is 5.83. The quantitative estimate of drug-likeness (QED) is 0.211. The number of fused-ring (bicyclic) bond motifs is 6. The molecule has 0 radical (unpaired) electrons. The van der Waals surface area contributed by atoms with Crippen molar-refractivity contribution in [1.82, 2.24) is 19.9 Å². The molecule has 0 saturated heterocycles. The standard InChI is InChI=1S/C38H22N4O2/c1-3-10-23(11-4-1)35-40-36(24-12-5-2-6-13-24)42-37(41-35)26-18-20-27-25(22-26)19-21-32-33(27)39-38(44-32)30-16-9-15-29-28-14-7-8-17-31(28)43-34(29)30/h1-22H. The van der Waals surface area contributed by atoms with Gasteiger partial charge in [0.1, 0.15) is 16.7 Å². The van der Waals surface area contributed by atoms with Crippen LogP contribution < -0.4 is 0 Å². The van der Waals surface area contributed by atoms with Gasteiger partial charge in [0.25, 0.3) is 0 Å². The largest absolute Gasteiger partial charge is 0.455 e. The van der Waals surface area contributed by atoms with Gasteiger partial charge in [-0.1, -0.05) is 109 Å². The van der Waals surface area contributed by atoms with Crippen molar-refractivity contribution in [2.75, 3.05) is 0 Å². The third kappa shape index (κ3) is 3.96. The van der Waals surface area contributed by atoms with Gasteiger partial charge in [0.15, 0.2) is 23.1 Å². The topological polar surface area (TPSA) is 77.8 Å². The third-order valence-corrected chi connectivity index (χ3v) is 7.97. The van der Waals surface area contributed by atoms with E-state index in [9.17, 15) is 0 Å². The van der Waals surface area contributed by atoms with Crippen LogP contribution in [0.5, 0.6) is 0 Å². The number of benzene rings is 6. The molecule has 0 saturated carbocycles. The maximum absolute atomic E-state index is 6.31. The Labute approximate surface area is 251 Å². The van der Waals surface area contributed by atoms with Gasteiger partial charge in [-0.05, 0) is 29.7 Å². The van der Waals surface area contributed by atoms with Crippen molar-refractivity contribution in [2.45, 2.75) is 0 Å². The summed E-state index contributed by atoms with van der Waals surface area (Å²) in [6, 6.07) is 44.3. The van der Waals surface area contributed by atoms with Crippen LogP contribution in [0.3, 0.4) is 0 Å². The van der Waals surface area contributed by atoms with E-state index in [0.717, 1.165) is 60.5 Å². The molecule has 6 nitrogen and oxygen atoms in total. The molecular weight excluding hydrogens is 544 g/mol. The molecule has 0 aliphatic rings. The Balaban J connectivity index is 1.18. The average molecular weight is 567 g/mol. The minimum Gasteiger partial charge on any atom is -0.455 e. The predicted octanol–water partition coefficient (Wildman–Crippen LogP) is 9.73. The molecule has 0 N–H and O–H groups in total. The molecule has 0 bridgehead atoms. The number of oxazole rings is 1. The zero-order chi connectivity index (χ0) is 29.0. The molecule has 0 atom stereocenters. The average Bonchev–Trinajstić information content (AvgIpc) is 3.71. The molecule has 3 aromatic heterocycles. The number of furan rings is 1. The second-order valence-corrected chi connectivity index (χ2v) is 10.7. The lowest BCUT2D eigenvalue weighted by molar-refractivity contribution is 0.615. The van der Waals surface area contributed by atoms with Crippen molar-refractivity contribution in [3.05, 3.63) is 133 Å². The number of hydrogen-bond acceptors (Lipinski definition) is 6. The summed E-state index contributed by atoms with van der Waals surface area (Å²) in [5.74, 6) is 2.40. The zero-order valence-corrected chi connectivity index (χ0v) is 23.3. The molecule has 206 valence electrons. The van der Waals surface area contributed by atoms with Crippen LogP contribution in [0.25, 0.3) is 89.4 Å². The van der Waals surface area contributed by atoms with E-state index in [1.807, 2.05) is 103 Å². The molecular formula is C38H22N4O2. The minimum absolute atomic E-state index is 0.527. The summed E-state index contributed by atoms with van der Waals surface area (Å²) in [7, 11) is 0. The number of hydrogen-bond donors (Lipinski definition) is 0. The van der Waals surface area contributed by atoms with E-state index in [1.54, 1.807) is 0 Å².